The Bertz CT molecular complexity index is 298. The monoisotopic (exact) mass is 288 g/mol. The minimum absolute atomic E-state index is 0.644. The molecule has 0 spiro atoms. The van der Waals surface area contributed by atoms with Crippen LogP contribution in [0.1, 0.15) is 0 Å². The van der Waals surface area contributed by atoms with Crippen LogP contribution in [0.3, 0.4) is 0 Å². The summed E-state index contributed by atoms with van der Waals surface area (Å²) in [5.74, 6) is 0. The molecule has 0 radical (unpaired) electrons. The van der Waals surface area contributed by atoms with Gasteiger partial charge in [0.05, 0.1) is 0 Å². The summed E-state index contributed by atoms with van der Waals surface area (Å²) >= 11 is 8.19. The fraction of sp³-hybridized carbons (Fsp3) is 1.00. The van der Waals surface area contributed by atoms with E-state index in [4.69, 9.17) is 32.3 Å². The van der Waals surface area contributed by atoms with Gasteiger partial charge in [0.1, 0.15) is 13.2 Å². The molecule has 2 N–H and O–H groups in total. The van der Waals surface area contributed by atoms with E-state index in [1.807, 2.05) is 0 Å². The summed E-state index contributed by atoms with van der Waals surface area (Å²) in [6, 6.07) is 0. The van der Waals surface area contributed by atoms with Crippen LogP contribution in [-0.4, -0.2) is 39.3 Å². The highest BCUT2D eigenvalue weighted by Gasteiger charge is 2.28. The molecule has 0 fully saturated rings. The van der Waals surface area contributed by atoms with Crippen molar-refractivity contribution >= 4 is 45.0 Å². The first kappa shape index (κ1) is 14.5. The topological polar surface area (TPSA) is 110 Å². The predicted octanol–water partition coefficient (Wildman–Crippen LogP) is 0.133. The minimum Gasteiger partial charge on any atom is -0.284 e. The molecule has 14 heavy (non-hydrogen) atoms. The lowest BCUT2D eigenvalue weighted by molar-refractivity contribution is 0.219. The standard InChI is InChI=1S/C3H6Cl2O7S2/c4-3(5,1-11-13(6)7)2-12-14(8,9)10/h1-2H2,(H,6,7)(H,8,9,10). The summed E-state index contributed by atoms with van der Waals surface area (Å²) in [7, 11) is -4.66. The van der Waals surface area contributed by atoms with Gasteiger partial charge in [0.2, 0.25) is 0 Å². The maximum absolute atomic E-state index is 10.1. The molecule has 0 aliphatic heterocycles. The molecule has 0 aliphatic rings. The minimum atomic E-state index is -4.66. The van der Waals surface area contributed by atoms with Gasteiger partial charge in [0.25, 0.3) is 0 Å². The van der Waals surface area contributed by atoms with Crippen LogP contribution in [0, 0.1) is 0 Å². The lowest BCUT2D eigenvalue weighted by Gasteiger charge is -2.16. The molecule has 0 heterocycles. The van der Waals surface area contributed by atoms with Crippen LogP contribution >= 0.6 is 23.2 Å². The Morgan fingerprint density at radius 1 is 1.36 bits per heavy atom. The van der Waals surface area contributed by atoms with Gasteiger partial charge in [-0.1, -0.05) is 23.2 Å². The van der Waals surface area contributed by atoms with Gasteiger partial charge in [-0.25, -0.2) is 4.18 Å². The Morgan fingerprint density at radius 2 is 1.86 bits per heavy atom. The maximum atomic E-state index is 10.1. The van der Waals surface area contributed by atoms with E-state index in [2.05, 4.69) is 8.37 Å². The number of alkyl halides is 2. The van der Waals surface area contributed by atoms with E-state index in [1.165, 1.54) is 0 Å². The first-order valence-corrected chi connectivity index (χ1v) is 6.01. The number of hydrogen-bond acceptors (Lipinski definition) is 5. The Morgan fingerprint density at radius 3 is 2.21 bits per heavy atom. The lowest BCUT2D eigenvalue weighted by Crippen LogP contribution is -2.29. The van der Waals surface area contributed by atoms with E-state index in [1.54, 1.807) is 0 Å². The summed E-state index contributed by atoms with van der Waals surface area (Å²) in [6.07, 6.45) is 0. The molecule has 0 saturated heterocycles. The summed E-state index contributed by atoms with van der Waals surface area (Å²) < 4.78 is 52.5. The number of hydrogen-bond donors (Lipinski definition) is 2. The van der Waals surface area contributed by atoms with Gasteiger partial charge < -0.3 is 0 Å². The third-order valence-corrected chi connectivity index (χ3v) is 1.96. The SMILES string of the molecule is O=S(O)OCC(Cl)(Cl)COS(=O)(=O)O. The van der Waals surface area contributed by atoms with Crippen molar-refractivity contribution in [3.63, 3.8) is 0 Å². The van der Waals surface area contributed by atoms with Crippen molar-refractivity contribution in [2.24, 2.45) is 0 Å². The van der Waals surface area contributed by atoms with E-state index in [-0.39, 0.29) is 0 Å². The van der Waals surface area contributed by atoms with Crippen molar-refractivity contribution in [3.05, 3.63) is 0 Å². The fourth-order valence-corrected chi connectivity index (χ4v) is 1.47. The second-order valence-corrected chi connectivity index (χ2v) is 5.43. The quantitative estimate of drug-likeness (QED) is 0.406. The largest absolute Gasteiger partial charge is 0.397 e. The molecule has 0 rings (SSSR count). The molecule has 0 amide bonds. The van der Waals surface area contributed by atoms with Crippen LogP contribution in [-0.2, 0) is 30.1 Å². The van der Waals surface area contributed by atoms with Crippen LogP contribution in [0.2, 0.25) is 0 Å². The first-order chi connectivity index (χ1) is 6.12. The van der Waals surface area contributed by atoms with Gasteiger partial charge in [-0.05, 0) is 0 Å². The van der Waals surface area contributed by atoms with Gasteiger partial charge >= 0.3 is 21.8 Å². The highest BCUT2D eigenvalue weighted by molar-refractivity contribution is 7.80. The Labute approximate surface area is 92.7 Å². The third-order valence-electron chi connectivity index (χ3n) is 0.790. The molecular formula is C3H6Cl2O7S2. The summed E-state index contributed by atoms with van der Waals surface area (Å²) in [4.78, 5) is 0. The third kappa shape index (κ3) is 9.09. The molecule has 0 aliphatic carbocycles. The van der Waals surface area contributed by atoms with E-state index in [9.17, 15) is 12.6 Å². The maximum Gasteiger partial charge on any atom is 0.397 e. The molecule has 0 aromatic heterocycles. The van der Waals surface area contributed by atoms with Crippen LogP contribution < -0.4 is 0 Å². The lowest BCUT2D eigenvalue weighted by atomic mass is 10.5. The van der Waals surface area contributed by atoms with Crippen molar-refractivity contribution in [1.29, 1.82) is 0 Å². The van der Waals surface area contributed by atoms with E-state index < -0.39 is 39.3 Å². The number of rotatable bonds is 6. The zero-order valence-electron chi connectivity index (χ0n) is 6.42. The molecule has 0 aromatic carbocycles. The fourth-order valence-electron chi connectivity index (χ4n) is 0.339. The van der Waals surface area contributed by atoms with Crippen LogP contribution in [0.25, 0.3) is 0 Å². The smallest absolute Gasteiger partial charge is 0.284 e. The van der Waals surface area contributed by atoms with Crippen LogP contribution in [0.15, 0.2) is 0 Å². The first-order valence-electron chi connectivity index (χ1n) is 2.86. The molecule has 0 bridgehead atoms. The van der Waals surface area contributed by atoms with Gasteiger partial charge in [-0.15, -0.1) is 0 Å². The molecule has 11 heteroatoms. The average molecular weight is 289 g/mol. The molecule has 7 nitrogen and oxygen atoms in total. The zero-order chi connectivity index (χ0) is 11.4. The van der Waals surface area contributed by atoms with Gasteiger partial charge in [-0.3, -0.25) is 13.3 Å². The molecule has 1 unspecified atom stereocenters. The van der Waals surface area contributed by atoms with Crippen molar-refractivity contribution in [2.75, 3.05) is 13.2 Å². The number of halogens is 2. The Hall–Kier alpha value is 0.520. The van der Waals surface area contributed by atoms with Crippen LogP contribution in [0.4, 0.5) is 0 Å². The van der Waals surface area contributed by atoms with E-state index in [0.717, 1.165) is 0 Å². The van der Waals surface area contributed by atoms with Crippen LogP contribution in [0.5, 0.6) is 0 Å². The molecule has 1 atom stereocenters. The Kier molecular flexibility index (Phi) is 5.77. The second-order valence-electron chi connectivity index (χ2n) is 2.03. The highest BCUT2D eigenvalue weighted by Crippen LogP contribution is 2.22. The predicted molar refractivity (Wildman–Crippen MR) is 48.7 cm³/mol. The normalized spacial score (nSPS) is 15.4. The van der Waals surface area contributed by atoms with Gasteiger partial charge in [-0.2, -0.15) is 12.6 Å². The molecular weight excluding hydrogens is 283 g/mol. The van der Waals surface area contributed by atoms with Crippen molar-refractivity contribution in [2.45, 2.75) is 4.33 Å². The highest BCUT2D eigenvalue weighted by atomic mass is 35.5. The van der Waals surface area contributed by atoms with E-state index >= 15 is 0 Å². The van der Waals surface area contributed by atoms with Crippen molar-refractivity contribution < 1.29 is 30.1 Å². The zero-order valence-corrected chi connectivity index (χ0v) is 9.57. The Balaban J connectivity index is 4.01. The van der Waals surface area contributed by atoms with E-state index in [0.29, 0.717) is 0 Å². The van der Waals surface area contributed by atoms with Crippen molar-refractivity contribution in [3.8, 4) is 0 Å². The molecule has 0 aromatic rings. The van der Waals surface area contributed by atoms with Gasteiger partial charge in [0, 0.05) is 0 Å². The van der Waals surface area contributed by atoms with Crippen molar-refractivity contribution in [1.82, 2.24) is 0 Å². The summed E-state index contributed by atoms with van der Waals surface area (Å²) in [5, 5.41) is 0. The molecule has 86 valence electrons. The summed E-state index contributed by atoms with van der Waals surface area (Å²) in [6.45, 7) is -1.46. The summed E-state index contributed by atoms with van der Waals surface area (Å²) in [5.41, 5.74) is 0. The molecule has 0 saturated carbocycles. The average Bonchev–Trinajstić information content (AvgIpc) is 1.97. The van der Waals surface area contributed by atoms with Gasteiger partial charge in [0.15, 0.2) is 4.33 Å². The second kappa shape index (κ2) is 5.56.